The molecule has 0 unspecified atom stereocenters. The predicted octanol–water partition coefficient (Wildman–Crippen LogP) is 4.97. The van der Waals surface area contributed by atoms with Crippen molar-refractivity contribution in [1.29, 1.82) is 0 Å². The lowest BCUT2D eigenvalue weighted by molar-refractivity contribution is 0.102. The van der Waals surface area contributed by atoms with E-state index >= 15 is 0 Å². The Morgan fingerprint density at radius 3 is 2.58 bits per heavy atom. The van der Waals surface area contributed by atoms with Gasteiger partial charge in [-0.3, -0.25) is 4.79 Å². The zero-order valence-corrected chi connectivity index (χ0v) is 13.0. The number of hydrogen-bond acceptors (Lipinski definition) is 1. The van der Waals surface area contributed by atoms with E-state index in [1.165, 1.54) is 0 Å². The molecule has 2 nitrogen and oxygen atoms in total. The molecule has 0 radical (unpaired) electrons. The molecule has 2 aromatic rings. The molecule has 19 heavy (non-hydrogen) atoms. The van der Waals surface area contributed by atoms with E-state index in [1.807, 2.05) is 38.1 Å². The molecular weight excluding hydrogens is 326 g/mol. The lowest BCUT2D eigenvalue weighted by Gasteiger charge is -2.09. The van der Waals surface area contributed by atoms with Gasteiger partial charge in [0.2, 0.25) is 0 Å². The molecule has 98 valence electrons. The van der Waals surface area contributed by atoms with Crippen LogP contribution in [0.4, 0.5) is 5.69 Å². The SMILES string of the molecule is Cc1cc(Br)cc(NC(=O)c2cc(Cl)ccc2C)c1. The smallest absolute Gasteiger partial charge is 0.255 e. The number of aryl methyl sites for hydroxylation is 2. The van der Waals surface area contributed by atoms with Crippen LogP contribution in [0.3, 0.4) is 0 Å². The summed E-state index contributed by atoms with van der Waals surface area (Å²) in [6.07, 6.45) is 0. The van der Waals surface area contributed by atoms with Crippen LogP contribution in [0.15, 0.2) is 40.9 Å². The third-order valence-electron chi connectivity index (χ3n) is 2.74. The third-order valence-corrected chi connectivity index (χ3v) is 3.44. The fourth-order valence-electron chi connectivity index (χ4n) is 1.85. The molecule has 4 heteroatoms. The van der Waals surface area contributed by atoms with Gasteiger partial charge in [-0.15, -0.1) is 0 Å². The highest BCUT2D eigenvalue weighted by Gasteiger charge is 2.10. The molecule has 0 saturated heterocycles. The molecule has 2 rings (SSSR count). The van der Waals surface area contributed by atoms with Crippen molar-refractivity contribution in [1.82, 2.24) is 0 Å². The van der Waals surface area contributed by atoms with Crippen LogP contribution in [0.2, 0.25) is 5.02 Å². The number of benzene rings is 2. The van der Waals surface area contributed by atoms with Gasteiger partial charge in [-0.25, -0.2) is 0 Å². The first-order valence-electron chi connectivity index (χ1n) is 5.80. The van der Waals surface area contributed by atoms with Crippen molar-refractivity contribution >= 4 is 39.1 Å². The summed E-state index contributed by atoms with van der Waals surface area (Å²) in [6.45, 7) is 3.86. The first-order valence-corrected chi connectivity index (χ1v) is 6.97. The summed E-state index contributed by atoms with van der Waals surface area (Å²) >= 11 is 9.34. The van der Waals surface area contributed by atoms with E-state index in [2.05, 4.69) is 21.2 Å². The van der Waals surface area contributed by atoms with E-state index in [4.69, 9.17) is 11.6 Å². The predicted molar refractivity (Wildman–Crippen MR) is 83.0 cm³/mol. The quantitative estimate of drug-likeness (QED) is 0.823. The fourth-order valence-corrected chi connectivity index (χ4v) is 2.63. The topological polar surface area (TPSA) is 29.1 Å². The lowest BCUT2D eigenvalue weighted by atomic mass is 10.1. The van der Waals surface area contributed by atoms with Crippen molar-refractivity contribution in [2.45, 2.75) is 13.8 Å². The number of halogens is 2. The number of carbonyl (C=O) groups excluding carboxylic acids is 1. The van der Waals surface area contributed by atoms with E-state index in [-0.39, 0.29) is 5.91 Å². The highest BCUT2D eigenvalue weighted by molar-refractivity contribution is 9.10. The van der Waals surface area contributed by atoms with Crippen molar-refractivity contribution in [2.75, 3.05) is 5.32 Å². The van der Waals surface area contributed by atoms with Gasteiger partial charge in [0.25, 0.3) is 5.91 Å². The first kappa shape index (κ1) is 14.1. The Bertz CT molecular complexity index is 620. The summed E-state index contributed by atoms with van der Waals surface area (Å²) in [5, 5.41) is 3.44. The Balaban J connectivity index is 2.28. The number of carbonyl (C=O) groups is 1. The number of amides is 1. The monoisotopic (exact) mass is 337 g/mol. The second kappa shape index (κ2) is 5.76. The van der Waals surface area contributed by atoms with Crippen molar-refractivity contribution in [3.8, 4) is 0 Å². The second-order valence-corrected chi connectivity index (χ2v) is 5.78. The van der Waals surface area contributed by atoms with Crippen LogP contribution in [0.5, 0.6) is 0 Å². The van der Waals surface area contributed by atoms with Crippen LogP contribution >= 0.6 is 27.5 Å². The maximum atomic E-state index is 12.2. The standard InChI is InChI=1S/C15H13BrClNO/c1-9-5-11(16)7-13(6-9)18-15(19)14-8-12(17)4-3-10(14)2/h3-8H,1-2H3,(H,18,19). The Hall–Kier alpha value is -1.32. The Labute approximate surface area is 125 Å². The number of nitrogens with one attached hydrogen (secondary N) is 1. The molecule has 0 heterocycles. The summed E-state index contributed by atoms with van der Waals surface area (Å²) in [6, 6.07) is 11.1. The summed E-state index contributed by atoms with van der Waals surface area (Å²) < 4.78 is 0.936. The van der Waals surface area contributed by atoms with Gasteiger partial charge >= 0.3 is 0 Å². The molecule has 0 atom stereocenters. The van der Waals surface area contributed by atoms with E-state index in [1.54, 1.807) is 12.1 Å². The largest absolute Gasteiger partial charge is 0.322 e. The summed E-state index contributed by atoms with van der Waals surface area (Å²) in [5.41, 5.74) is 3.32. The second-order valence-electron chi connectivity index (χ2n) is 4.43. The zero-order chi connectivity index (χ0) is 14.0. The van der Waals surface area contributed by atoms with Crippen molar-refractivity contribution in [2.24, 2.45) is 0 Å². The minimum atomic E-state index is -0.155. The van der Waals surface area contributed by atoms with Crippen LogP contribution in [0, 0.1) is 13.8 Å². The molecule has 0 aliphatic rings. The third kappa shape index (κ3) is 3.58. The average Bonchev–Trinajstić information content (AvgIpc) is 2.30. The minimum absolute atomic E-state index is 0.155. The van der Waals surface area contributed by atoms with Gasteiger partial charge in [-0.2, -0.15) is 0 Å². The highest BCUT2D eigenvalue weighted by Crippen LogP contribution is 2.21. The molecule has 1 amide bonds. The zero-order valence-electron chi connectivity index (χ0n) is 10.6. The van der Waals surface area contributed by atoms with Crippen molar-refractivity contribution < 1.29 is 4.79 Å². The maximum absolute atomic E-state index is 12.2. The van der Waals surface area contributed by atoms with Gasteiger partial charge in [0, 0.05) is 20.7 Å². The van der Waals surface area contributed by atoms with Gasteiger partial charge in [0.1, 0.15) is 0 Å². The Morgan fingerprint density at radius 2 is 1.89 bits per heavy atom. The van der Waals surface area contributed by atoms with Gasteiger partial charge < -0.3 is 5.32 Å². The number of rotatable bonds is 2. The summed E-state index contributed by atoms with van der Waals surface area (Å²) in [7, 11) is 0. The Morgan fingerprint density at radius 1 is 1.16 bits per heavy atom. The molecule has 0 aliphatic carbocycles. The van der Waals surface area contributed by atoms with Gasteiger partial charge in [0.15, 0.2) is 0 Å². The van der Waals surface area contributed by atoms with Crippen LogP contribution in [0.1, 0.15) is 21.5 Å². The van der Waals surface area contributed by atoms with E-state index in [0.717, 1.165) is 21.3 Å². The van der Waals surface area contributed by atoms with Crippen LogP contribution in [0.25, 0.3) is 0 Å². The van der Waals surface area contributed by atoms with Gasteiger partial charge in [-0.1, -0.05) is 33.6 Å². The van der Waals surface area contributed by atoms with Crippen molar-refractivity contribution in [3.05, 3.63) is 62.6 Å². The molecule has 2 aromatic carbocycles. The van der Waals surface area contributed by atoms with Crippen LogP contribution in [-0.2, 0) is 0 Å². The molecule has 0 saturated carbocycles. The molecular formula is C15H13BrClNO. The van der Waals surface area contributed by atoms with Crippen LogP contribution < -0.4 is 5.32 Å². The van der Waals surface area contributed by atoms with E-state index in [0.29, 0.717) is 10.6 Å². The lowest BCUT2D eigenvalue weighted by Crippen LogP contribution is -2.13. The molecule has 0 aromatic heterocycles. The number of hydrogen-bond donors (Lipinski definition) is 1. The summed E-state index contributed by atoms with van der Waals surface area (Å²) in [4.78, 5) is 12.2. The number of anilines is 1. The first-order chi connectivity index (χ1) is 8.95. The Kier molecular flexibility index (Phi) is 4.27. The van der Waals surface area contributed by atoms with Gasteiger partial charge in [0.05, 0.1) is 0 Å². The van der Waals surface area contributed by atoms with Gasteiger partial charge in [-0.05, 0) is 55.3 Å². The summed E-state index contributed by atoms with van der Waals surface area (Å²) in [5.74, 6) is -0.155. The van der Waals surface area contributed by atoms with Crippen LogP contribution in [-0.4, -0.2) is 5.91 Å². The fraction of sp³-hybridized carbons (Fsp3) is 0.133. The highest BCUT2D eigenvalue weighted by atomic mass is 79.9. The van der Waals surface area contributed by atoms with E-state index < -0.39 is 0 Å². The molecule has 0 aliphatic heterocycles. The minimum Gasteiger partial charge on any atom is -0.322 e. The molecule has 0 bridgehead atoms. The normalized spacial score (nSPS) is 10.3. The average molecular weight is 339 g/mol. The maximum Gasteiger partial charge on any atom is 0.255 e. The molecule has 0 fully saturated rings. The molecule has 1 N–H and O–H groups in total. The molecule has 0 spiro atoms. The van der Waals surface area contributed by atoms with Crippen molar-refractivity contribution in [3.63, 3.8) is 0 Å². The van der Waals surface area contributed by atoms with E-state index in [9.17, 15) is 4.79 Å².